The minimum absolute atomic E-state index is 0.264. The van der Waals surface area contributed by atoms with Crippen molar-refractivity contribution in [3.63, 3.8) is 0 Å². The Labute approximate surface area is 61.4 Å². The fourth-order valence-corrected chi connectivity index (χ4v) is 1.11. The van der Waals surface area contributed by atoms with E-state index in [1.165, 1.54) is 0 Å². The van der Waals surface area contributed by atoms with E-state index < -0.39 is 0 Å². The maximum Gasteiger partial charge on any atom is 0.187 e. The zero-order valence-corrected chi connectivity index (χ0v) is 6.26. The van der Waals surface area contributed by atoms with Crippen LogP contribution < -0.4 is 0 Å². The monoisotopic (exact) mass is 139 g/mol. The van der Waals surface area contributed by atoms with Gasteiger partial charge in [-0.15, -0.1) is 0 Å². The summed E-state index contributed by atoms with van der Waals surface area (Å²) in [6.45, 7) is 2.52. The van der Waals surface area contributed by atoms with E-state index >= 15 is 0 Å². The molecule has 10 heavy (non-hydrogen) atoms. The summed E-state index contributed by atoms with van der Waals surface area (Å²) < 4.78 is 5.06. The molecule has 0 spiro atoms. The molecule has 1 atom stereocenters. The van der Waals surface area contributed by atoms with Crippen LogP contribution in [0.4, 0.5) is 0 Å². The summed E-state index contributed by atoms with van der Waals surface area (Å²) in [6.07, 6.45) is 6.31. The molecule has 0 aromatic rings. The van der Waals surface area contributed by atoms with Gasteiger partial charge in [0.15, 0.2) is 5.90 Å². The van der Waals surface area contributed by atoms with E-state index in [9.17, 15) is 0 Å². The highest BCUT2D eigenvalue weighted by molar-refractivity contribution is 5.77. The smallest absolute Gasteiger partial charge is 0.187 e. The average Bonchev–Trinajstić information content (AvgIpc) is 2.38. The zero-order valence-electron chi connectivity index (χ0n) is 6.26. The van der Waals surface area contributed by atoms with Crippen molar-refractivity contribution < 1.29 is 4.74 Å². The highest BCUT2D eigenvalue weighted by Gasteiger charge is 2.14. The van der Waals surface area contributed by atoms with E-state index in [-0.39, 0.29) is 5.92 Å². The van der Waals surface area contributed by atoms with Crippen molar-refractivity contribution in [3.8, 4) is 0 Å². The fraction of sp³-hybridized carbons (Fsp3) is 0.625. The Bertz CT molecular complexity index is 151. The van der Waals surface area contributed by atoms with Gasteiger partial charge in [0, 0.05) is 0 Å². The Kier molecular flexibility index (Phi) is 2.49. The first-order chi connectivity index (χ1) is 4.84. The van der Waals surface area contributed by atoms with Gasteiger partial charge in [-0.05, 0) is 19.8 Å². The average molecular weight is 139 g/mol. The third-order valence-corrected chi connectivity index (χ3v) is 1.65. The van der Waals surface area contributed by atoms with Crippen LogP contribution in [0.1, 0.15) is 19.8 Å². The summed E-state index contributed by atoms with van der Waals surface area (Å²) in [4.78, 5) is 0. The molecule has 0 amide bonds. The van der Waals surface area contributed by atoms with Crippen molar-refractivity contribution in [3.05, 3.63) is 12.2 Å². The maximum atomic E-state index is 7.41. The molecule has 0 aromatic heterocycles. The molecule has 0 bridgehead atoms. The number of ether oxygens (including phenoxy) is 1. The van der Waals surface area contributed by atoms with Crippen molar-refractivity contribution in [2.24, 2.45) is 5.92 Å². The van der Waals surface area contributed by atoms with Crippen LogP contribution in [0.2, 0.25) is 0 Å². The summed E-state index contributed by atoms with van der Waals surface area (Å²) in [6, 6.07) is 0. The molecule has 0 aliphatic heterocycles. The lowest BCUT2D eigenvalue weighted by molar-refractivity contribution is 0.304. The quantitative estimate of drug-likeness (QED) is 0.354. The fourth-order valence-electron chi connectivity index (χ4n) is 1.11. The Morgan fingerprint density at radius 2 is 2.60 bits per heavy atom. The molecular formula is C8H13NO. The van der Waals surface area contributed by atoms with E-state index in [0.717, 1.165) is 12.8 Å². The Morgan fingerprint density at radius 3 is 3.10 bits per heavy atom. The molecule has 56 valence electrons. The predicted octanol–water partition coefficient (Wildman–Crippen LogP) is 1.97. The van der Waals surface area contributed by atoms with Crippen LogP contribution in [-0.2, 0) is 4.74 Å². The topological polar surface area (TPSA) is 33.1 Å². The molecule has 0 fully saturated rings. The van der Waals surface area contributed by atoms with E-state index in [4.69, 9.17) is 10.1 Å². The van der Waals surface area contributed by atoms with Crippen LogP contribution >= 0.6 is 0 Å². The lowest BCUT2D eigenvalue weighted by Gasteiger charge is -2.08. The summed E-state index contributed by atoms with van der Waals surface area (Å²) >= 11 is 0. The van der Waals surface area contributed by atoms with Gasteiger partial charge in [0.2, 0.25) is 0 Å². The van der Waals surface area contributed by atoms with Gasteiger partial charge in [0.05, 0.1) is 12.5 Å². The first-order valence-electron chi connectivity index (χ1n) is 3.72. The molecule has 1 rings (SSSR count). The van der Waals surface area contributed by atoms with Crippen LogP contribution in [0.3, 0.4) is 0 Å². The van der Waals surface area contributed by atoms with E-state index in [1.54, 1.807) is 0 Å². The molecule has 0 saturated carbocycles. The molecule has 0 saturated heterocycles. The van der Waals surface area contributed by atoms with Crippen molar-refractivity contribution in [2.75, 3.05) is 6.61 Å². The van der Waals surface area contributed by atoms with Crippen LogP contribution in [-0.4, -0.2) is 12.5 Å². The molecule has 0 heterocycles. The summed E-state index contributed by atoms with van der Waals surface area (Å²) in [7, 11) is 0. The van der Waals surface area contributed by atoms with Gasteiger partial charge in [0.25, 0.3) is 0 Å². The van der Waals surface area contributed by atoms with Crippen molar-refractivity contribution in [1.82, 2.24) is 0 Å². The maximum absolute atomic E-state index is 7.41. The van der Waals surface area contributed by atoms with Crippen molar-refractivity contribution in [1.29, 1.82) is 5.41 Å². The highest BCUT2D eigenvalue weighted by Crippen LogP contribution is 2.18. The first kappa shape index (κ1) is 7.32. The molecule has 1 unspecified atom stereocenters. The summed E-state index contributed by atoms with van der Waals surface area (Å²) in [5.41, 5.74) is 0. The van der Waals surface area contributed by atoms with Gasteiger partial charge < -0.3 is 4.74 Å². The van der Waals surface area contributed by atoms with Crippen molar-refractivity contribution >= 4 is 5.90 Å². The molecule has 2 nitrogen and oxygen atoms in total. The van der Waals surface area contributed by atoms with Gasteiger partial charge >= 0.3 is 0 Å². The van der Waals surface area contributed by atoms with E-state index in [1.807, 2.05) is 6.92 Å². The Hall–Kier alpha value is -0.790. The van der Waals surface area contributed by atoms with Gasteiger partial charge in [0.1, 0.15) is 0 Å². The predicted molar refractivity (Wildman–Crippen MR) is 41.2 cm³/mol. The van der Waals surface area contributed by atoms with Gasteiger partial charge in [-0.3, -0.25) is 5.41 Å². The van der Waals surface area contributed by atoms with Gasteiger partial charge in [-0.2, -0.15) is 0 Å². The number of rotatable bonds is 2. The normalized spacial score (nSPS) is 23.1. The van der Waals surface area contributed by atoms with E-state index in [0.29, 0.717) is 12.5 Å². The third kappa shape index (κ3) is 1.59. The van der Waals surface area contributed by atoms with Crippen molar-refractivity contribution in [2.45, 2.75) is 19.8 Å². The van der Waals surface area contributed by atoms with Gasteiger partial charge in [-0.25, -0.2) is 0 Å². The SMILES string of the molecule is CCOC(=N)C1C=CCC1. The largest absolute Gasteiger partial charge is 0.481 e. The van der Waals surface area contributed by atoms with Crippen LogP contribution in [0.15, 0.2) is 12.2 Å². The Morgan fingerprint density at radius 1 is 1.80 bits per heavy atom. The van der Waals surface area contributed by atoms with Gasteiger partial charge in [-0.1, -0.05) is 12.2 Å². The number of nitrogens with one attached hydrogen (secondary N) is 1. The van der Waals surface area contributed by atoms with Crippen LogP contribution in [0.5, 0.6) is 0 Å². The molecule has 1 aliphatic rings. The second-order valence-electron chi connectivity index (χ2n) is 2.41. The summed E-state index contributed by atoms with van der Waals surface area (Å²) in [5, 5.41) is 7.41. The third-order valence-electron chi connectivity index (χ3n) is 1.65. The molecular weight excluding hydrogens is 126 g/mol. The Balaban J connectivity index is 2.33. The molecule has 1 N–H and O–H groups in total. The molecule has 2 heteroatoms. The lowest BCUT2D eigenvalue weighted by atomic mass is 10.1. The molecule has 0 radical (unpaired) electrons. The lowest BCUT2D eigenvalue weighted by Crippen LogP contribution is -2.12. The van der Waals surface area contributed by atoms with Crippen LogP contribution in [0.25, 0.3) is 0 Å². The number of hydrogen-bond acceptors (Lipinski definition) is 2. The minimum atomic E-state index is 0.264. The second kappa shape index (κ2) is 3.40. The second-order valence-corrected chi connectivity index (χ2v) is 2.41. The summed E-state index contributed by atoms with van der Waals surface area (Å²) in [5.74, 6) is 0.691. The number of hydrogen-bond donors (Lipinski definition) is 1. The molecule has 0 aromatic carbocycles. The van der Waals surface area contributed by atoms with E-state index in [2.05, 4.69) is 12.2 Å². The first-order valence-corrected chi connectivity index (χ1v) is 3.72. The number of allylic oxidation sites excluding steroid dienone is 1. The highest BCUT2D eigenvalue weighted by atomic mass is 16.5. The standard InChI is InChI=1S/C8H13NO/c1-2-10-8(9)7-5-3-4-6-7/h3,5,7,9H,2,4,6H2,1H3. The zero-order chi connectivity index (χ0) is 7.40. The molecule has 1 aliphatic carbocycles. The van der Waals surface area contributed by atoms with Crippen LogP contribution in [0, 0.1) is 11.3 Å². The minimum Gasteiger partial charge on any atom is -0.481 e.